The van der Waals surface area contributed by atoms with E-state index in [0.29, 0.717) is 22.8 Å². The predicted octanol–water partition coefficient (Wildman–Crippen LogP) is 4.40. The summed E-state index contributed by atoms with van der Waals surface area (Å²) in [5.41, 5.74) is 1.29. The molecular formula is C22H35NO2. The summed E-state index contributed by atoms with van der Waals surface area (Å²) in [5.74, 6) is 2.40. The van der Waals surface area contributed by atoms with Crippen molar-refractivity contribution >= 4 is 5.97 Å². The van der Waals surface area contributed by atoms with Crippen LogP contribution in [0, 0.1) is 28.6 Å². The van der Waals surface area contributed by atoms with E-state index in [-0.39, 0.29) is 5.97 Å². The van der Waals surface area contributed by atoms with Gasteiger partial charge < -0.3 is 4.74 Å². The van der Waals surface area contributed by atoms with Crippen molar-refractivity contribution in [3.05, 3.63) is 0 Å². The van der Waals surface area contributed by atoms with Gasteiger partial charge in [0.05, 0.1) is 7.11 Å². The number of nitrogens with zero attached hydrogens (tertiary/aromatic N) is 1. The quantitative estimate of drug-likeness (QED) is 0.707. The van der Waals surface area contributed by atoms with E-state index in [1.807, 2.05) is 0 Å². The Morgan fingerprint density at radius 2 is 2.00 bits per heavy atom. The number of fused-ring (bicyclic) bond motifs is 1. The van der Waals surface area contributed by atoms with E-state index in [2.05, 4.69) is 25.7 Å². The molecule has 2 saturated carbocycles. The van der Waals surface area contributed by atoms with Crippen LogP contribution in [0.3, 0.4) is 0 Å². The number of ether oxygens (including phenoxy) is 1. The lowest BCUT2D eigenvalue weighted by atomic mass is 9.46. The summed E-state index contributed by atoms with van der Waals surface area (Å²) in [4.78, 5) is 15.2. The molecular weight excluding hydrogens is 310 g/mol. The molecule has 25 heavy (non-hydrogen) atoms. The molecule has 0 N–H and O–H groups in total. The molecule has 2 aliphatic carbocycles. The van der Waals surface area contributed by atoms with E-state index in [4.69, 9.17) is 4.74 Å². The molecule has 3 heterocycles. The van der Waals surface area contributed by atoms with Gasteiger partial charge in [0.1, 0.15) is 0 Å². The number of methoxy groups -OCH3 is 1. The molecule has 7 atom stereocenters. The molecule has 140 valence electrons. The summed E-state index contributed by atoms with van der Waals surface area (Å²) < 4.78 is 5.07. The molecule has 0 aromatic rings. The van der Waals surface area contributed by atoms with Crippen molar-refractivity contribution in [3.63, 3.8) is 0 Å². The van der Waals surface area contributed by atoms with Gasteiger partial charge >= 0.3 is 5.97 Å². The lowest BCUT2D eigenvalue weighted by Gasteiger charge is -2.57. The topological polar surface area (TPSA) is 29.5 Å². The molecule has 0 aromatic heterocycles. The average Bonchev–Trinajstić information content (AvgIpc) is 3.23. The van der Waals surface area contributed by atoms with Gasteiger partial charge in [0, 0.05) is 24.0 Å². The van der Waals surface area contributed by atoms with Crippen molar-refractivity contribution in [1.29, 1.82) is 0 Å². The summed E-state index contributed by atoms with van der Waals surface area (Å²) in [5, 5.41) is 0. The number of rotatable bonds is 4. The first-order valence-corrected chi connectivity index (χ1v) is 10.8. The predicted molar refractivity (Wildman–Crippen MR) is 98.1 cm³/mol. The third kappa shape index (κ3) is 1.62. The first-order chi connectivity index (χ1) is 11.9. The van der Waals surface area contributed by atoms with Gasteiger partial charge in [-0.1, -0.05) is 27.2 Å². The van der Waals surface area contributed by atoms with Crippen LogP contribution in [0.2, 0.25) is 0 Å². The SMILES string of the molecule is COC(=O)CC[C@]12[C@@H]3[C@@H](C(C)C)CC[C@@]1(C)[C@@H]1CC[C@@]4(CCC[C@H]42)N31. The van der Waals surface area contributed by atoms with Crippen molar-refractivity contribution < 1.29 is 9.53 Å². The molecule has 5 rings (SSSR count). The average molecular weight is 346 g/mol. The Hall–Kier alpha value is -0.570. The Balaban J connectivity index is 1.65. The summed E-state index contributed by atoms with van der Waals surface area (Å²) in [7, 11) is 1.55. The molecule has 3 saturated heterocycles. The molecule has 3 nitrogen and oxygen atoms in total. The molecule has 5 aliphatic rings. The largest absolute Gasteiger partial charge is 0.469 e. The zero-order chi connectivity index (χ0) is 17.6. The van der Waals surface area contributed by atoms with Crippen molar-refractivity contribution in [2.75, 3.05) is 7.11 Å². The first kappa shape index (κ1) is 16.6. The van der Waals surface area contributed by atoms with Gasteiger partial charge in [0.15, 0.2) is 0 Å². The Morgan fingerprint density at radius 3 is 2.72 bits per heavy atom. The molecule has 3 heteroatoms. The van der Waals surface area contributed by atoms with Crippen molar-refractivity contribution in [2.24, 2.45) is 28.6 Å². The summed E-state index contributed by atoms with van der Waals surface area (Å²) in [6.45, 7) is 7.50. The third-order valence-electron chi connectivity index (χ3n) is 9.93. The standard InChI is InChI=1S/C22H35NO2/c1-14(2)15-7-11-20(3)17-8-12-21-10-5-6-16(21)22(20,19(15)23(17)21)13-9-18(24)25-4/h14-17,19H,5-13H2,1-4H3/t15-,16-,17+,19+,20+,21-,22+/m1/s1. The molecule has 0 aromatic carbocycles. The van der Waals surface area contributed by atoms with Crippen LogP contribution in [0.25, 0.3) is 0 Å². The van der Waals surface area contributed by atoms with Gasteiger partial charge in [-0.05, 0) is 73.5 Å². The van der Waals surface area contributed by atoms with E-state index in [1.54, 1.807) is 7.11 Å². The summed E-state index contributed by atoms with van der Waals surface area (Å²) in [6.07, 6.45) is 11.5. The van der Waals surface area contributed by atoms with Crippen LogP contribution in [0.5, 0.6) is 0 Å². The Morgan fingerprint density at radius 1 is 1.20 bits per heavy atom. The van der Waals surface area contributed by atoms with E-state index >= 15 is 0 Å². The lowest BCUT2D eigenvalue weighted by Crippen LogP contribution is -2.57. The fourth-order valence-corrected chi connectivity index (χ4v) is 9.29. The molecule has 1 spiro atoms. The van der Waals surface area contributed by atoms with Gasteiger partial charge in [0.25, 0.3) is 0 Å². The molecule has 5 fully saturated rings. The van der Waals surface area contributed by atoms with E-state index in [0.717, 1.165) is 36.3 Å². The summed E-state index contributed by atoms with van der Waals surface area (Å²) >= 11 is 0. The number of piperidine rings is 1. The minimum absolute atomic E-state index is 0.00175. The van der Waals surface area contributed by atoms with Crippen LogP contribution in [-0.4, -0.2) is 35.6 Å². The second kappa shape index (κ2) is 5.03. The van der Waals surface area contributed by atoms with Gasteiger partial charge in [-0.2, -0.15) is 0 Å². The first-order valence-electron chi connectivity index (χ1n) is 10.8. The maximum atomic E-state index is 12.1. The zero-order valence-electron chi connectivity index (χ0n) is 16.5. The van der Waals surface area contributed by atoms with Crippen LogP contribution in [0.4, 0.5) is 0 Å². The van der Waals surface area contributed by atoms with E-state index in [1.165, 1.54) is 44.9 Å². The van der Waals surface area contributed by atoms with Crippen molar-refractivity contribution in [1.82, 2.24) is 4.90 Å². The Labute approximate surface area is 152 Å². The van der Waals surface area contributed by atoms with Crippen LogP contribution in [-0.2, 0) is 9.53 Å². The minimum Gasteiger partial charge on any atom is -0.469 e. The van der Waals surface area contributed by atoms with Crippen molar-refractivity contribution in [2.45, 2.75) is 96.2 Å². The Kier molecular flexibility index (Phi) is 3.34. The smallest absolute Gasteiger partial charge is 0.305 e. The zero-order valence-corrected chi connectivity index (χ0v) is 16.5. The van der Waals surface area contributed by atoms with Gasteiger partial charge in [0.2, 0.25) is 0 Å². The van der Waals surface area contributed by atoms with Crippen LogP contribution in [0.1, 0.15) is 78.6 Å². The molecule has 4 bridgehead atoms. The fourth-order valence-electron chi connectivity index (χ4n) is 9.29. The fraction of sp³-hybridized carbons (Fsp3) is 0.955. The highest BCUT2D eigenvalue weighted by Gasteiger charge is 2.84. The molecule has 3 aliphatic heterocycles. The van der Waals surface area contributed by atoms with Crippen LogP contribution < -0.4 is 0 Å². The van der Waals surface area contributed by atoms with Crippen molar-refractivity contribution in [3.8, 4) is 0 Å². The Bertz CT molecular complexity index is 603. The molecule has 0 amide bonds. The van der Waals surface area contributed by atoms with Gasteiger partial charge in [-0.3, -0.25) is 9.69 Å². The maximum absolute atomic E-state index is 12.1. The number of hydrogen-bond acceptors (Lipinski definition) is 3. The van der Waals surface area contributed by atoms with E-state index < -0.39 is 0 Å². The number of hydrogen-bond donors (Lipinski definition) is 0. The number of carbonyl (C=O) groups excluding carboxylic acids is 1. The monoisotopic (exact) mass is 345 g/mol. The highest BCUT2D eigenvalue weighted by Crippen LogP contribution is 2.82. The number of esters is 1. The molecule has 0 radical (unpaired) electrons. The minimum atomic E-state index is 0.00175. The van der Waals surface area contributed by atoms with Crippen LogP contribution >= 0.6 is 0 Å². The molecule has 0 unspecified atom stereocenters. The second-order valence-electron chi connectivity index (χ2n) is 10.4. The number of carbonyl (C=O) groups is 1. The van der Waals surface area contributed by atoms with E-state index in [9.17, 15) is 4.79 Å². The third-order valence-corrected chi connectivity index (χ3v) is 9.93. The normalized spacial score (nSPS) is 52.8. The van der Waals surface area contributed by atoms with Crippen LogP contribution in [0.15, 0.2) is 0 Å². The second-order valence-corrected chi connectivity index (χ2v) is 10.4. The van der Waals surface area contributed by atoms with Gasteiger partial charge in [-0.15, -0.1) is 0 Å². The highest BCUT2D eigenvalue weighted by molar-refractivity contribution is 5.69. The van der Waals surface area contributed by atoms with Gasteiger partial charge in [-0.25, -0.2) is 0 Å². The lowest BCUT2D eigenvalue weighted by molar-refractivity contribution is -0.143. The maximum Gasteiger partial charge on any atom is 0.305 e. The summed E-state index contributed by atoms with van der Waals surface area (Å²) in [6, 6.07) is 1.52. The highest BCUT2D eigenvalue weighted by atomic mass is 16.5.